The first-order chi connectivity index (χ1) is 15.1. The lowest BCUT2D eigenvalue weighted by atomic mass is 10.1. The van der Waals surface area contributed by atoms with E-state index in [0.717, 1.165) is 16.9 Å². The van der Waals surface area contributed by atoms with Gasteiger partial charge in [-0.2, -0.15) is 0 Å². The van der Waals surface area contributed by atoms with Crippen LogP contribution < -0.4 is 15.0 Å². The van der Waals surface area contributed by atoms with E-state index < -0.39 is 5.91 Å². The number of methoxy groups -OCH3 is 1. The first kappa shape index (κ1) is 20.8. The molecule has 1 aliphatic heterocycles. The maximum absolute atomic E-state index is 13.4. The van der Waals surface area contributed by atoms with E-state index in [-0.39, 0.29) is 11.6 Å². The molecule has 1 heterocycles. The van der Waals surface area contributed by atoms with E-state index in [1.54, 1.807) is 13.2 Å². The largest absolute Gasteiger partial charge is 0.495 e. The molecule has 0 radical (unpaired) electrons. The Kier molecular flexibility index (Phi) is 6.09. The molecule has 0 aromatic heterocycles. The first-order valence-electron chi connectivity index (χ1n) is 9.97. The number of carbonyl (C=O) groups excluding carboxylic acids is 2. The average Bonchev–Trinajstić information content (AvgIpc) is 3.04. The smallest absolute Gasteiger partial charge is 0.283 e. The second-order valence-corrected chi connectivity index (χ2v) is 7.99. The van der Waals surface area contributed by atoms with E-state index in [1.807, 2.05) is 72.8 Å². The SMILES string of the molecule is CCc1ccc(N2C(=O)C(Nc3ccccc3OC)=C(Sc3ccccc3)C2=O)cc1. The molecule has 5 nitrogen and oxygen atoms in total. The standard InChI is InChI=1S/C25H22N2O3S/c1-3-17-13-15-18(16-14-17)27-24(28)22(26-20-11-7-8-12-21(20)30-2)23(25(27)29)31-19-9-5-4-6-10-19/h4-16,26H,3H2,1-2H3. The van der Waals surface area contributed by atoms with Gasteiger partial charge in [-0.25, -0.2) is 4.90 Å². The average molecular weight is 431 g/mol. The molecule has 0 spiro atoms. The van der Waals surface area contributed by atoms with Crippen molar-refractivity contribution in [1.82, 2.24) is 0 Å². The number of hydrogen-bond donors (Lipinski definition) is 1. The summed E-state index contributed by atoms with van der Waals surface area (Å²) in [6.07, 6.45) is 0.885. The Morgan fingerprint density at radius 1 is 0.871 bits per heavy atom. The third-order valence-corrected chi connectivity index (χ3v) is 6.06. The van der Waals surface area contributed by atoms with Gasteiger partial charge in [0.05, 0.1) is 18.5 Å². The zero-order valence-corrected chi connectivity index (χ0v) is 18.1. The van der Waals surface area contributed by atoms with E-state index in [4.69, 9.17) is 4.74 Å². The van der Waals surface area contributed by atoms with Gasteiger partial charge in [-0.1, -0.05) is 61.2 Å². The van der Waals surface area contributed by atoms with Gasteiger partial charge in [-0.3, -0.25) is 9.59 Å². The van der Waals surface area contributed by atoms with Crippen LogP contribution in [0.4, 0.5) is 11.4 Å². The van der Waals surface area contributed by atoms with Crippen LogP contribution in [0.1, 0.15) is 12.5 Å². The molecule has 0 saturated heterocycles. The lowest BCUT2D eigenvalue weighted by Gasteiger charge is -2.16. The maximum atomic E-state index is 13.4. The molecule has 0 saturated carbocycles. The van der Waals surface area contributed by atoms with Crippen molar-refractivity contribution in [3.63, 3.8) is 0 Å². The number of nitrogens with zero attached hydrogens (tertiary/aromatic N) is 1. The highest BCUT2D eigenvalue weighted by atomic mass is 32.2. The van der Waals surface area contributed by atoms with Crippen molar-refractivity contribution in [2.75, 3.05) is 17.3 Å². The molecule has 0 unspecified atom stereocenters. The van der Waals surface area contributed by atoms with Gasteiger partial charge in [0, 0.05) is 4.90 Å². The first-order valence-corrected chi connectivity index (χ1v) is 10.8. The highest BCUT2D eigenvalue weighted by molar-refractivity contribution is 8.04. The highest BCUT2D eigenvalue weighted by Gasteiger charge is 2.40. The molecule has 31 heavy (non-hydrogen) atoms. The molecule has 156 valence electrons. The molecule has 3 aromatic carbocycles. The van der Waals surface area contributed by atoms with Crippen LogP contribution in [0.3, 0.4) is 0 Å². The van der Waals surface area contributed by atoms with Crippen molar-refractivity contribution in [2.24, 2.45) is 0 Å². The van der Waals surface area contributed by atoms with Gasteiger partial charge in [0.15, 0.2) is 0 Å². The molecule has 2 amide bonds. The van der Waals surface area contributed by atoms with Crippen LogP contribution in [0, 0.1) is 0 Å². The molecule has 6 heteroatoms. The number of para-hydroxylation sites is 2. The van der Waals surface area contributed by atoms with E-state index in [0.29, 0.717) is 22.0 Å². The zero-order valence-electron chi connectivity index (χ0n) is 17.3. The number of anilines is 2. The Bertz CT molecular complexity index is 1140. The van der Waals surface area contributed by atoms with Crippen molar-refractivity contribution in [3.8, 4) is 5.75 Å². The number of ether oxygens (including phenoxy) is 1. The zero-order chi connectivity index (χ0) is 21.8. The third-order valence-electron chi connectivity index (χ3n) is 4.97. The number of amides is 2. The number of benzene rings is 3. The maximum Gasteiger partial charge on any atom is 0.283 e. The Morgan fingerprint density at radius 3 is 2.23 bits per heavy atom. The van der Waals surface area contributed by atoms with Gasteiger partial charge in [-0.05, 0) is 48.4 Å². The quantitative estimate of drug-likeness (QED) is 0.519. The molecule has 1 aliphatic rings. The highest BCUT2D eigenvalue weighted by Crippen LogP contribution is 2.38. The number of thioether (sulfide) groups is 1. The van der Waals surface area contributed by atoms with Crippen LogP contribution in [-0.4, -0.2) is 18.9 Å². The van der Waals surface area contributed by atoms with Crippen LogP contribution in [-0.2, 0) is 16.0 Å². The summed E-state index contributed by atoms with van der Waals surface area (Å²) in [6, 6.07) is 24.3. The predicted molar refractivity (Wildman–Crippen MR) is 124 cm³/mol. The van der Waals surface area contributed by atoms with E-state index >= 15 is 0 Å². The Balaban J connectivity index is 1.74. The summed E-state index contributed by atoms with van der Waals surface area (Å²) in [5.41, 5.74) is 2.55. The van der Waals surface area contributed by atoms with Gasteiger partial charge >= 0.3 is 0 Å². The Hall–Kier alpha value is -3.51. The summed E-state index contributed by atoms with van der Waals surface area (Å²) in [5, 5.41) is 3.15. The van der Waals surface area contributed by atoms with Crippen molar-refractivity contribution in [2.45, 2.75) is 18.2 Å². The summed E-state index contributed by atoms with van der Waals surface area (Å²) >= 11 is 1.27. The fourth-order valence-corrected chi connectivity index (χ4v) is 4.27. The van der Waals surface area contributed by atoms with Crippen LogP contribution in [0.2, 0.25) is 0 Å². The molecule has 0 aliphatic carbocycles. The fourth-order valence-electron chi connectivity index (χ4n) is 3.32. The number of aryl methyl sites for hydroxylation is 1. The lowest BCUT2D eigenvalue weighted by molar-refractivity contribution is -0.120. The van der Waals surface area contributed by atoms with Crippen molar-refractivity contribution in [3.05, 3.63) is 95.0 Å². The second kappa shape index (κ2) is 9.10. The van der Waals surface area contributed by atoms with Crippen LogP contribution >= 0.6 is 11.8 Å². The van der Waals surface area contributed by atoms with Crippen molar-refractivity contribution >= 4 is 35.0 Å². The Morgan fingerprint density at radius 2 is 1.55 bits per heavy atom. The summed E-state index contributed by atoms with van der Waals surface area (Å²) in [4.78, 5) is 29.2. The number of imide groups is 1. The van der Waals surface area contributed by atoms with Crippen molar-refractivity contribution < 1.29 is 14.3 Å². The summed E-state index contributed by atoms with van der Waals surface area (Å²) < 4.78 is 5.41. The summed E-state index contributed by atoms with van der Waals surface area (Å²) in [5.74, 6) is -0.149. The Labute approximate surface area is 185 Å². The van der Waals surface area contributed by atoms with E-state index in [1.165, 1.54) is 16.7 Å². The molecule has 0 bridgehead atoms. The van der Waals surface area contributed by atoms with Gasteiger partial charge in [0.2, 0.25) is 0 Å². The molecule has 4 rings (SSSR count). The minimum atomic E-state index is -0.390. The summed E-state index contributed by atoms with van der Waals surface area (Å²) in [6.45, 7) is 2.06. The second-order valence-electron chi connectivity index (χ2n) is 6.91. The number of nitrogens with one attached hydrogen (secondary N) is 1. The van der Waals surface area contributed by atoms with Crippen LogP contribution in [0.25, 0.3) is 0 Å². The van der Waals surface area contributed by atoms with Crippen LogP contribution in [0.15, 0.2) is 94.4 Å². The van der Waals surface area contributed by atoms with Crippen LogP contribution in [0.5, 0.6) is 5.75 Å². The molecule has 0 atom stereocenters. The minimum Gasteiger partial charge on any atom is -0.495 e. The topological polar surface area (TPSA) is 58.6 Å². The van der Waals surface area contributed by atoms with Gasteiger partial charge in [0.25, 0.3) is 11.8 Å². The third kappa shape index (κ3) is 4.20. The number of rotatable bonds is 7. The van der Waals surface area contributed by atoms with Gasteiger partial charge < -0.3 is 10.1 Å². The van der Waals surface area contributed by atoms with Gasteiger partial charge in [-0.15, -0.1) is 0 Å². The van der Waals surface area contributed by atoms with E-state index in [2.05, 4.69) is 12.2 Å². The molecular weight excluding hydrogens is 408 g/mol. The van der Waals surface area contributed by atoms with Crippen molar-refractivity contribution in [1.29, 1.82) is 0 Å². The molecule has 0 fully saturated rings. The van der Waals surface area contributed by atoms with Gasteiger partial charge in [0.1, 0.15) is 16.4 Å². The predicted octanol–water partition coefficient (Wildman–Crippen LogP) is 5.25. The number of hydrogen-bond acceptors (Lipinski definition) is 5. The molecular formula is C25H22N2O3S. The molecule has 1 N–H and O–H groups in total. The monoisotopic (exact) mass is 430 g/mol. The molecule has 3 aromatic rings. The lowest BCUT2D eigenvalue weighted by Crippen LogP contribution is -2.32. The fraction of sp³-hybridized carbons (Fsp3) is 0.120. The minimum absolute atomic E-state index is 0.239. The normalized spacial score (nSPS) is 13.7. The summed E-state index contributed by atoms with van der Waals surface area (Å²) in [7, 11) is 1.57. The number of carbonyl (C=O) groups is 2. The van der Waals surface area contributed by atoms with E-state index in [9.17, 15) is 9.59 Å².